The highest BCUT2D eigenvalue weighted by atomic mass is 35.5. The predicted molar refractivity (Wildman–Crippen MR) is 77.3 cm³/mol. The fraction of sp³-hybridized carbons (Fsp3) is 0.0714. The van der Waals surface area contributed by atoms with Crippen LogP contribution in [0.25, 0.3) is 0 Å². The number of ether oxygens (including phenoxy) is 1. The number of methoxy groups -OCH3 is 1. The van der Waals surface area contributed by atoms with E-state index in [1.165, 1.54) is 7.11 Å². The number of benzene rings is 2. The maximum atomic E-state index is 12.3. The number of halogens is 2. The van der Waals surface area contributed by atoms with Gasteiger partial charge in [-0.3, -0.25) is 4.79 Å². The van der Waals surface area contributed by atoms with Crippen LogP contribution in [0.3, 0.4) is 0 Å². The van der Waals surface area contributed by atoms with Crippen LogP contribution in [0.5, 0.6) is 5.75 Å². The Balaban J connectivity index is 2.41. The third kappa shape index (κ3) is 2.83. The van der Waals surface area contributed by atoms with Crippen molar-refractivity contribution in [3.63, 3.8) is 0 Å². The monoisotopic (exact) mass is 295 g/mol. The molecule has 0 atom stereocenters. The molecule has 2 aromatic rings. The van der Waals surface area contributed by atoms with E-state index >= 15 is 0 Å². The molecule has 5 heteroatoms. The molecule has 0 fully saturated rings. The fourth-order valence-corrected chi connectivity index (χ4v) is 2.14. The highest BCUT2D eigenvalue weighted by Crippen LogP contribution is 2.27. The van der Waals surface area contributed by atoms with Gasteiger partial charge in [0.1, 0.15) is 5.75 Å². The van der Waals surface area contributed by atoms with Gasteiger partial charge in [-0.1, -0.05) is 23.2 Å². The molecule has 0 aliphatic carbocycles. The van der Waals surface area contributed by atoms with Gasteiger partial charge in [-0.05, 0) is 36.4 Å². The number of rotatable bonds is 3. The van der Waals surface area contributed by atoms with E-state index in [-0.39, 0.29) is 5.78 Å². The van der Waals surface area contributed by atoms with Crippen molar-refractivity contribution in [1.29, 1.82) is 0 Å². The zero-order valence-electron chi connectivity index (χ0n) is 10.1. The second-order valence-electron chi connectivity index (χ2n) is 3.91. The third-order valence-electron chi connectivity index (χ3n) is 2.67. The summed E-state index contributed by atoms with van der Waals surface area (Å²) < 4.78 is 5.04. The van der Waals surface area contributed by atoms with E-state index in [1.807, 2.05) is 0 Å². The van der Waals surface area contributed by atoms with Crippen LogP contribution in [-0.2, 0) is 0 Å². The lowest BCUT2D eigenvalue weighted by Gasteiger charge is -2.07. The van der Waals surface area contributed by atoms with E-state index in [9.17, 15) is 4.79 Å². The molecule has 2 aromatic carbocycles. The molecular weight excluding hydrogens is 285 g/mol. The van der Waals surface area contributed by atoms with Gasteiger partial charge in [0.15, 0.2) is 5.78 Å². The van der Waals surface area contributed by atoms with Gasteiger partial charge in [-0.2, -0.15) is 0 Å². The minimum absolute atomic E-state index is 0.210. The van der Waals surface area contributed by atoms with Crippen molar-refractivity contribution in [1.82, 2.24) is 0 Å². The summed E-state index contributed by atoms with van der Waals surface area (Å²) in [4.78, 5) is 12.3. The molecule has 2 rings (SSSR count). The highest BCUT2D eigenvalue weighted by Gasteiger charge is 2.14. The number of hydrogen-bond donors (Lipinski definition) is 1. The molecule has 2 N–H and O–H groups in total. The van der Waals surface area contributed by atoms with Crippen LogP contribution in [0.15, 0.2) is 36.4 Å². The number of carbonyl (C=O) groups is 1. The number of ketones is 1. The predicted octanol–water partition coefficient (Wildman–Crippen LogP) is 3.82. The van der Waals surface area contributed by atoms with Crippen LogP contribution in [0.2, 0.25) is 10.0 Å². The van der Waals surface area contributed by atoms with Crippen LogP contribution in [0.4, 0.5) is 5.69 Å². The average Bonchev–Trinajstić information content (AvgIpc) is 2.38. The van der Waals surface area contributed by atoms with E-state index in [0.717, 1.165) is 0 Å². The quantitative estimate of drug-likeness (QED) is 0.692. The lowest BCUT2D eigenvalue weighted by atomic mass is 10.0. The first-order chi connectivity index (χ1) is 9.02. The van der Waals surface area contributed by atoms with Crippen molar-refractivity contribution in [3.8, 4) is 5.75 Å². The molecule has 98 valence electrons. The Morgan fingerprint density at radius 2 is 1.89 bits per heavy atom. The number of hydrogen-bond acceptors (Lipinski definition) is 3. The Morgan fingerprint density at radius 1 is 1.16 bits per heavy atom. The molecule has 0 aliphatic heterocycles. The summed E-state index contributed by atoms with van der Waals surface area (Å²) in [6, 6.07) is 9.59. The molecule has 19 heavy (non-hydrogen) atoms. The van der Waals surface area contributed by atoms with Crippen molar-refractivity contribution in [3.05, 3.63) is 57.6 Å². The van der Waals surface area contributed by atoms with E-state index < -0.39 is 0 Å². The largest absolute Gasteiger partial charge is 0.495 e. The topological polar surface area (TPSA) is 52.3 Å². The van der Waals surface area contributed by atoms with Crippen LogP contribution in [-0.4, -0.2) is 12.9 Å². The Kier molecular flexibility index (Phi) is 3.98. The Labute approximate surface area is 120 Å². The summed E-state index contributed by atoms with van der Waals surface area (Å²) in [5.41, 5.74) is 6.97. The molecule has 0 unspecified atom stereocenters. The SMILES string of the molecule is COc1ccc(C(=O)c2ccc(Cl)cc2N)cc1Cl. The lowest BCUT2D eigenvalue weighted by molar-refractivity contribution is 0.103. The van der Waals surface area contributed by atoms with Crippen molar-refractivity contribution in [2.24, 2.45) is 0 Å². The van der Waals surface area contributed by atoms with E-state index in [4.69, 9.17) is 33.7 Å². The smallest absolute Gasteiger partial charge is 0.195 e. The minimum atomic E-state index is -0.210. The van der Waals surface area contributed by atoms with Gasteiger partial charge in [0.2, 0.25) is 0 Å². The van der Waals surface area contributed by atoms with Crippen LogP contribution in [0.1, 0.15) is 15.9 Å². The van der Waals surface area contributed by atoms with Crippen molar-refractivity contribution in [2.75, 3.05) is 12.8 Å². The minimum Gasteiger partial charge on any atom is -0.495 e. The summed E-state index contributed by atoms with van der Waals surface area (Å²) >= 11 is 11.8. The fourth-order valence-electron chi connectivity index (χ4n) is 1.70. The van der Waals surface area contributed by atoms with Crippen molar-refractivity contribution >= 4 is 34.7 Å². The van der Waals surface area contributed by atoms with E-state index in [2.05, 4.69) is 0 Å². The second-order valence-corrected chi connectivity index (χ2v) is 4.75. The summed E-state index contributed by atoms with van der Waals surface area (Å²) in [5.74, 6) is 0.306. The Hall–Kier alpha value is -1.71. The third-order valence-corrected chi connectivity index (χ3v) is 3.20. The van der Waals surface area contributed by atoms with Gasteiger partial charge in [0, 0.05) is 21.8 Å². The molecule has 3 nitrogen and oxygen atoms in total. The first kappa shape index (κ1) is 13.7. The number of carbonyl (C=O) groups excluding carboxylic acids is 1. The first-order valence-corrected chi connectivity index (χ1v) is 6.22. The molecule has 0 heterocycles. The number of nitrogens with two attached hydrogens (primary N) is 1. The van der Waals surface area contributed by atoms with Gasteiger partial charge >= 0.3 is 0 Å². The lowest BCUT2D eigenvalue weighted by Crippen LogP contribution is -2.05. The van der Waals surface area contributed by atoms with Gasteiger partial charge in [0.05, 0.1) is 12.1 Å². The number of nitrogen functional groups attached to an aromatic ring is 1. The summed E-state index contributed by atoms with van der Waals surface area (Å²) in [6.45, 7) is 0. The molecule has 0 aliphatic rings. The van der Waals surface area contributed by atoms with E-state index in [0.29, 0.717) is 32.6 Å². The zero-order valence-corrected chi connectivity index (χ0v) is 11.6. The van der Waals surface area contributed by atoms with Crippen molar-refractivity contribution < 1.29 is 9.53 Å². The second kappa shape index (κ2) is 5.51. The molecular formula is C14H11Cl2NO2. The van der Waals surface area contributed by atoms with Gasteiger partial charge in [0.25, 0.3) is 0 Å². The van der Waals surface area contributed by atoms with Crippen molar-refractivity contribution in [2.45, 2.75) is 0 Å². The molecule has 0 spiro atoms. The normalized spacial score (nSPS) is 10.3. The Bertz CT molecular complexity index is 641. The standard InChI is InChI=1S/C14H11Cl2NO2/c1-19-13-5-2-8(6-11(13)16)14(18)10-4-3-9(15)7-12(10)17/h2-7H,17H2,1H3. The molecule has 0 amide bonds. The average molecular weight is 296 g/mol. The van der Waals surface area contributed by atoms with E-state index in [1.54, 1.807) is 36.4 Å². The molecule has 0 aromatic heterocycles. The zero-order chi connectivity index (χ0) is 14.0. The highest BCUT2D eigenvalue weighted by molar-refractivity contribution is 6.33. The van der Waals surface area contributed by atoms with Crippen LogP contribution >= 0.6 is 23.2 Å². The number of anilines is 1. The molecule has 0 bridgehead atoms. The summed E-state index contributed by atoms with van der Waals surface area (Å²) in [6.07, 6.45) is 0. The van der Waals surface area contributed by atoms with Crippen LogP contribution in [0, 0.1) is 0 Å². The summed E-state index contributed by atoms with van der Waals surface area (Å²) in [5, 5.41) is 0.864. The molecule has 0 saturated carbocycles. The van der Waals surface area contributed by atoms with Gasteiger partial charge < -0.3 is 10.5 Å². The Morgan fingerprint density at radius 3 is 2.47 bits per heavy atom. The maximum Gasteiger partial charge on any atom is 0.195 e. The maximum absolute atomic E-state index is 12.3. The first-order valence-electron chi connectivity index (χ1n) is 5.46. The molecule has 0 saturated heterocycles. The van der Waals surface area contributed by atoms with Crippen LogP contribution < -0.4 is 10.5 Å². The van der Waals surface area contributed by atoms with Gasteiger partial charge in [-0.25, -0.2) is 0 Å². The van der Waals surface area contributed by atoms with Gasteiger partial charge in [-0.15, -0.1) is 0 Å². The summed E-state index contributed by atoms with van der Waals surface area (Å²) in [7, 11) is 1.51. The molecule has 0 radical (unpaired) electrons.